The second-order valence-electron chi connectivity index (χ2n) is 15.4. The van der Waals surface area contributed by atoms with Crippen LogP contribution >= 0.6 is 0 Å². The van der Waals surface area contributed by atoms with E-state index >= 15 is 0 Å². The van der Waals surface area contributed by atoms with Crippen LogP contribution in [-0.4, -0.2) is 84.1 Å². The molecule has 0 bridgehead atoms. The zero-order valence-electron chi connectivity index (χ0n) is 28.8. The van der Waals surface area contributed by atoms with Gasteiger partial charge < -0.3 is 24.2 Å². The molecule has 0 amide bonds. The van der Waals surface area contributed by atoms with E-state index in [9.17, 15) is 18.0 Å². The van der Waals surface area contributed by atoms with Gasteiger partial charge in [0, 0.05) is 18.3 Å². The monoisotopic (exact) mass is 674 g/mol. The number of aryl methyl sites for hydroxylation is 1. The topological polar surface area (TPSA) is 144 Å². The van der Waals surface area contributed by atoms with Crippen molar-refractivity contribution in [1.82, 2.24) is 14.0 Å². The third-order valence-corrected chi connectivity index (χ3v) is 19.7. The predicted molar refractivity (Wildman–Crippen MR) is 177 cm³/mol. The van der Waals surface area contributed by atoms with Gasteiger partial charge in [-0.3, -0.25) is 13.9 Å². The minimum absolute atomic E-state index is 0.0371. The zero-order chi connectivity index (χ0) is 33.8. The first kappa shape index (κ1) is 36.9. The minimum Gasteiger partial charge on any atom is -0.414 e. The maximum atomic E-state index is 14.0. The summed E-state index contributed by atoms with van der Waals surface area (Å²) in [6, 6.07) is 0. The Hall–Kier alpha value is -1.60. The average molecular weight is 675 g/mol. The van der Waals surface area contributed by atoms with E-state index in [2.05, 4.69) is 54.6 Å². The van der Waals surface area contributed by atoms with Gasteiger partial charge in [0.05, 0.1) is 17.7 Å². The molecule has 0 saturated carbocycles. The number of nitrogens with two attached hydrogens (primary N) is 1. The molecule has 1 saturated heterocycles. The van der Waals surface area contributed by atoms with Crippen LogP contribution in [0.25, 0.3) is 0 Å². The molecule has 2 aliphatic rings. The normalized spacial score (nSPS) is 26.1. The second-order valence-corrected chi connectivity index (χ2v) is 26.4. The van der Waals surface area contributed by atoms with Gasteiger partial charge in [0.25, 0.3) is 15.7 Å². The fourth-order valence-corrected chi connectivity index (χ4v) is 8.40. The molecule has 3 heterocycles. The molecule has 44 heavy (non-hydrogen) atoms. The van der Waals surface area contributed by atoms with E-state index in [1.807, 2.05) is 32.1 Å². The van der Waals surface area contributed by atoms with E-state index in [4.69, 9.17) is 23.5 Å². The Morgan fingerprint density at radius 2 is 1.61 bits per heavy atom. The Labute approximate surface area is 264 Å². The summed E-state index contributed by atoms with van der Waals surface area (Å²) in [5.74, 6) is 0. The highest BCUT2D eigenvalue weighted by molar-refractivity contribution is 7.90. The fraction of sp³-hybridized carbons (Fsp3) is 0.793. The lowest BCUT2D eigenvalue weighted by molar-refractivity contribution is -0.0567. The van der Waals surface area contributed by atoms with E-state index in [0.717, 1.165) is 5.41 Å². The SMILES string of the molecule is Cc1cn([C@@H]2O[C@H](CO[Si](C)(C)C(C)(C)C)C3(OS(=O)(=O)C=C3N)[C@H]2O[Si](C)(C)C(C)(C)C)c(=O)n(CCCN(C)C)c1=O. The van der Waals surface area contributed by atoms with Gasteiger partial charge in [0.15, 0.2) is 28.5 Å². The number of ether oxygens (including phenoxy) is 1. The van der Waals surface area contributed by atoms with Crippen LogP contribution in [0.15, 0.2) is 26.9 Å². The smallest absolute Gasteiger partial charge is 0.333 e. The number of hydrogen-bond donors (Lipinski definition) is 1. The first-order valence-electron chi connectivity index (χ1n) is 15.2. The summed E-state index contributed by atoms with van der Waals surface area (Å²) in [5.41, 5.74) is 4.06. The molecule has 1 aromatic rings. The summed E-state index contributed by atoms with van der Waals surface area (Å²) in [7, 11) is -5.40. The van der Waals surface area contributed by atoms with Gasteiger partial charge in [-0.25, -0.2) is 8.98 Å². The van der Waals surface area contributed by atoms with E-state index in [1.54, 1.807) is 6.92 Å². The highest BCUT2D eigenvalue weighted by atomic mass is 32.2. The minimum atomic E-state index is -4.21. The molecular formula is C29H54N4O8SSi2. The van der Waals surface area contributed by atoms with Crippen molar-refractivity contribution in [3.63, 3.8) is 0 Å². The molecule has 4 atom stereocenters. The maximum Gasteiger partial charge on any atom is 0.333 e. The average Bonchev–Trinajstić information content (AvgIpc) is 3.27. The van der Waals surface area contributed by atoms with Crippen molar-refractivity contribution in [2.75, 3.05) is 27.2 Å². The molecule has 1 aromatic heterocycles. The van der Waals surface area contributed by atoms with Crippen LogP contribution in [0.4, 0.5) is 0 Å². The predicted octanol–water partition coefficient (Wildman–Crippen LogP) is 3.48. The van der Waals surface area contributed by atoms with Crippen molar-refractivity contribution in [3.05, 3.63) is 43.7 Å². The van der Waals surface area contributed by atoms with E-state index in [0.29, 0.717) is 18.5 Å². The molecule has 1 fully saturated rings. The number of hydrogen-bond acceptors (Lipinski definition) is 10. The van der Waals surface area contributed by atoms with Gasteiger partial charge in [0.1, 0.15) is 12.2 Å². The molecule has 0 radical (unpaired) electrons. The number of rotatable bonds is 10. The summed E-state index contributed by atoms with van der Waals surface area (Å²) in [4.78, 5) is 29.2. The summed E-state index contributed by atoms with van der Waals surface area (Å²) in [6.07, 6.45) is -1.32. The lowest BCUT2D eigenvalue weighted by atomic mass is 9.89. The van der Waals surface area contributed by atoms with Crippen LogP contribution < -0.4 is 17.0 Å². The first-order chi connectivity index (χ1) is 19.8. The molecule has 252 valence electrons. The molecule has 1 spiro atoms. The Kier molecular flexibility index (Phi) is 10.2. The van der Waals surface area contributed by atoms with Gasteiger partial charge in [-0.1, -0.05) is 41.5 Å². The van der Waals surface area contributed by atoms with Gasteiger partial charge in [0.2, 0.25) is 0 Å². The largest absolute Gasteiger partial charge is 0.414 e. The van der Waals surface area contributed by atoms with Gasteiger partial charge >= 0.3 is 5.69 Å². The lowest BCUT2D eigenvalue weighted by Crippen LogP contribution is -2.59. The summed E-state index contributed by atoms with van der Waals surface area (Å²) >= 11 is 0. The van der Waals surface area contributed by atoms with Crippen LogP contribution in [0, 0.1) is 6.92 Å². The van der Waals surface area contributed by atoms with Gasteiger partial charge in [-0.05, 0) is 70.2 Å². The molecule has 12 nitrogen and oxygen atoms in total. The highest BCUT2D eigenvalue weighted by Crippen LogP contribution is 2.52. The Bertz CT molecular complexity index is 1490. The highest BCUT2D eigenvalue weighted by Gasteiger charge is 2.67. The van der Waals surface area contributed by atoms with E-state index in [-0.39, 0.29) is 28.9 Å². The van der Waals surface area contributed by atoms with Crippen LogP contribution in [0.2, 0.25) is 36.3 Å². The quantitative estimate of drug-likeness (QED) is 0.289. The molecule has 2 aliphatic heterocycles. The maximum absolute atomic E-state index is 14.0. The Morgan fingerprint density at radius 1 is 1.05 bits per heavy atom. The third kappa shape index (κ3) is 7.04. The van der Waals surface area contributed by atoms with Crippen LogP contribution in [-0.2, 0) is 34.4 Å². The van der Waals surface area contributed by atoms with Crippen LogP contribution in [0.1, 0.15) is 59.8 Å². The van der Waals surface area contributed by atoms with Crippen molar-refractivity contribution in [2.24, 2.45) is 5.73 Å². The molecule has 3 rings (SSSR count). The van der Waals surface area contributed by atoms with Crippen LogP contribution in [0.3, 0.4) is 0 Å². The van der Waals surface area contributed by atoms with E-state index in [1.165, 1.54) is 15.3 Å². The van der Waals surface area contributed by atoms with Crippen molar-refractivity contribution in [1.29, 1.82) is 0 Å². The van der Waals surface area contributed by atoms with Gasteiger partial charge in [-0.15, -0.1) is 0 Å². The summed E-state index contributed by atoms with van der Waals surface area (Å²) in [5, 5.41) is 0.460. The lowest BCUT2D eigenvalue weighted by Gasteiger charge is -2.43. The zero-order valence-corrected chi connectivity index (χ0v) is 31.6. The van der Waals surface area contributed by atoms with Crippen LogP contribution in [0.5, 0.6) is 0 Å². The molecule has 1 unspecified atom stereocenters. The molecule has 15 heteroatoms. The standard InChI is InChI=1S/C29H54N4O8SSi2/c1-20-17-33(26(35)32(24(20)34)16-14-15-31(8)9)25-23(40-44(12,13)28(5,6)7)29(21(30)19-42(36,37)41-29)22(39-25)18-38-43(10,11)27(2,3)4/h17,19,22-23,25H,14-16,18,30H2,1-13H3/t22-,23+,25-,29?/m1/s1. The fourth-order valence-electron chi connectivity index (χ4n) is 4.90. The second kappa shape index (κ2) is 12.2. The van der Waals surface area contributed by atoms with Gasteiger partial charge in [-0.2, -0.15) is 8.42 Å². The molecule has 0 aliphatic carbocycles. The van der Waals surface area contributed by atoms with Crippen molar-refractivity contribution >= 4 is 26.8 Å². The first-order valence-corrected chi connectivity index (χ1v) is 22.4. The van der Waals surface area contributed by atoms with Crippen molar-refractivity contribution in [2.45, 2.75) is 122 Å². The molecule has 2 N–H and O–H groups in total. The molecule has 0 aromatic carbocycles. The molecular weight excluding hydrogens is 621 g/mol. The summed E-state index contributed by atoms with van der Waals surface area (Å²) < 4.78 is 54.6. The Balaban J connectivity index is 2.27. The third-order valence-electron chi connectivity index (χ3n) is 9.70. The van der Waals surface area contributed by atoms with Crippen molar-refractivity contribution < 1.29 is 26.2 Å². The van der Waals surface area contributed by atoms with Crippen molar-refractivity contribution in [3.8, 4) is 0 Å². The summed E-state index contributed by atoms with van der Waals surface area (Å²) in [6.45, 7) is 23.2. The number of nitrogens with zero attached hydrogens (tertiary/aromatic N) is 3. The number of aromatic nitrogens is 2. The Morgan fingerprint density at radius 3 is 2.09 bits per heavy atom. The van der Waals surface area contributed by atoms with E-state index < -0.39 is 62.0 Å².